The van der Waals surface area contributed by atoms with Crippen molar-refractivity contribution in [3.05, 3.63) is 0 Å². The summed E-state index contributed by atoms with van der Waals surface area (Å²) in [6.07, 6.45) is -4.81. The van der Waals surface area contributed by atoms with Gasteiger partial charge in [-0.15, -0.1) is 0 Å². The molecule has 1 fully saturated rings. The SMILES string of the molecule is CC(C)(C)OC(=O)NNC(=O)[C@H]1CC[C@H](C(F)(F)F)CC1. The van der Waals surface area contributed by atoms with E-state index >= 15 is 0 Å². The number of hydrogen-bond donors (Lipinski definition) is 2. The van der Waals surface area contributed by atoms with Gasteiger partial charge in [-0.2, -0.15) is 13.2 Å². The lowest BCUT2D eigenvalue weighted by molar-refractivity contribution is -0.184. The summed E-state index contributed by atoms with van der Waals surface area (Å²) >= 11 is 0. The van der Waals surface area contributed by atoms with Gasteiger partial charge in [-0.1, -0.05) is 0 Å². The molecule has 2 N–H and O–H groups in total. The molecule has 0 aliphatic heterocycles. The smallest absolute Gasteiger partial charge is 0.426 e. The van der Waals surface area contributed by atoms with E-state index in [0.717, 1.165) is 0 Å². The molecule has 0 aromatic heterocycles. The highest BCUT2D eigenvalue weighted by molar-refractivity contribution is 5.81. The fourth-order valence-corrected chi connectivity index (χ4v) is 2.20. The van der Waals surface area contributed by atoms with Gasteiger partial charge in [0.05, 0.1) is 5.92 Å². The van der Waals surface area contributed by atoms with Crippen molar-refractivity contribution in [1.82, 2.24) is 10.9 Å². The van der Waals surface area contributed by atoms with Crippen LogP contribution in [-0.2, 0) is 9.53 Å². The molecule has 0 radical (unpaired) electrons. The molecule has 8 heteroatoms. The van der Waals surface area contributed by atoms with Crippen LogP contribution >= 0.6 is 0 Å². The fourth-order valence-electron chi connectivity index (χ4n) is 2.20. The van der Waals surface area contributed by atoms with Crippen LogP contribution in [0.3, 0.4) is 0 Å². The van der Waals surface area contributed by atoms with Crippen molar-refractivity contribution >= 4 is 12.0 Å². The molecule has 1 rings (SSSR count). The van der Waals surface area contributed by atoms with Gasteiger partial charge < -0.3 is 4.74 Å². The Kier molecular flexibility index (Phi) is 5.47. The molecule has 1 aliphatic carbocycles. The second kappa shape index (κ2) is 6.53. The van der Waals surface area contributed by atoms with E-state index in [1.807, 2.05) is 0 Å². The van der Waals surface area contributed by atoms with Crippen LogP contribution in [0.5, 0.6) is 0 Å². The summed E-state index contributed by atoms with van der Waals surface area (Å²) in [5, 5.41) is 0. The van der Waals surface area contributed by atoms with E-state index in [1.54, 1.807) is 20.8 Å². The Morgan fingerprint density at radius 2 is 1.52 bits per heavy atom. The number of carbonyl (C=O) groups excluding carboxylic acids is 2. The minimum absolute atomic E-state index is 0.0615. The van der Waals surface area contributed by atoms with Gasteiger partial charge >= 0.3 is 12.3 Å². The van der Waals surface area contributed by atoms with Crippen molar-refractivity contribution in [3.8, 4) is 0 Å². The van der Waals surface area contributed by atoms with Crippen molar-refractivity contribution in [2.75, 3.05) is 0 Å². The van der Waals surface area contributed by atoms with Crippen molar-refractivity contribution in [3.63, 3.8) is 0 Å². The highest BCUT2D eigenvalue weighted by Crippen LogP contribution is 2.39. The van der Waals surface area contributed by atoms with Crippen LogP contribution in [0.2, 0.25) is 0 Å². The zero-order valence-corrected chi connectivity index (χ0v) is 12.3. The molecule has 0 bridgehead atoms. The van der Waals surface area contributed by atoms with Gasteiger partial charge in [-0.05, 0) is 46.5 Å². The van der Waals surface area contributed by atoms with Crippen LogP contribution in [0.4, 0.5) is 18.0 Å². The maximum Gasteiger partial charge on any atom is 0.426 e. The van der Waals surface area contributed by atoms with Crippen LogP contribution in [0.15, 0.2) is 0 Å². The molecule has 0 spiro atoms. The first-order chi connectivity index (χ1) is 9.49. The summed E-state index contributed by atoms with van der Waals surface area (Å²) in [6.45, 7) is 5.02. The number of alkyl halides is 3. The Morgan fingerprint density at radius 1 is 1.00 bits per heavy atom. The zero-order chi connectivity index (χ0) is 16.3. The van der Waals surface area contributed by atoms with Crippen molar-refractivity contribution in [1.29, 1.82) is 0 Å². The number of hydrazine groups is 1. The molecular weight excluding hydrogens is 289 g/mol. The molecule has 1 aliphatic rings. The third-order valence-electron chi connectivity index (χ3n) is 3.25. The average molecular weight is 310 g/mol. The highest BCUT2D eigenvalue weighted by atomic mass is 19.4. The molecule has 0 saturated heterocycles. The van der Waals surface area contributed by atoms with Gasteiger partial charge in [0.1, 0.15) is 5.60 Å². The van der Waals surface area contributed by atoms with Gasteiger partial charge in [-0.3, -0.25) is 10.2 Å². The summed E-state index contributed by atoms with van der Waals surface area (Å²) in [5.41, 5.74) is 3.58. The Morgan fingerprint density at radius 3 is 1.95 bits per heavy atom. The molecule has 0 aromatic rings. The minimum Gasteiger partial charge on any atom is -0.443 e. The molecule has 21 heavy (non-hydrogen) atoms. The van der Waals surface area contributed by atoms with Gasteiger partial charge in [0.25, 0.3) is 0 Å². The topological polar surface area (TPSA) is 67.4 Å². The van der Waals surface area contributed by atoms with Crippen molar-refractivity contribution < 1.29 is 27.5 Å². The summed E-state index contributed by atoms with van der Waals surface area (Å²) < 4.78 is 42.4. The van der Waals surface area contributed by atoms with E-state index in [1.165, 1.54) is 0 Å². The van der Waals surface area contributed by atoms with Gasteiger partial charge in [0.15, 0.2) is 0 Å². The number of rotatable bonds is 1. The van der Waals surface area contributed by atoms with E-state index in [0.29, 0.717) is 0 Å². The minimum atomic E-state index is -4.20. The lowest BCUT2D eigenvalue weighted by Gasteiger charge is -2.29. The van der Waals surface area contributed by atoms with E-state index < -0.39 is 35.6 Å². The van der Waals surface area contributed by atoms with Crippen LogP contribution in [0, 0.1) is 11.8 Å². The quantitative estimate of drug-likeness (QED) is 0.732. The lowest BCUT2D eigenvalue weighted by Crippen LogP contribution is -2.47. The predicted molar refractivity (Wildman–Crippen MR) is 69.0 cm³/mol. The van der Waals surface area contributed by atoms with Gasteiger partial charge in [0, 0.05) is 5.92 Å². The first kappa shape index (κ1) is 17.6. The third kappa shape index (κ3) is 6.22. The third-order valence-corrected chi connectivity index (χ3v) is 3.25. The Balaban J connectivity index is 2.33. The van der Waals surface area contributed by atoms with Crippen LogP contribution in [0.25, 0.3) is 0 Å². The Bertz CT molecular complexity index is 383. The van der Waals surface area contributed by atoms with E-state index in [2.05, 4.69) is 10.9 Å². The summed E-state index contributed by atoms with van der Waals surface area (Å²) in [5.74, 6) is -2.33. The molecule has 0 atom stereocenters. The number of amides is 2. The standard InChI is InChI=1S/C13H21F3N2O3/c1-12(2,3)21-11(20)18-17-10(19)8-4-6-9(7-5-8)13(14,15)16/h8-9H,4-7H2,1-3H3,(H,17,19)(H,18,20)/t8-,9-. The van der Waals surface area contributed by atoms with Crippen LogP contribution in [0.1, 0.15) is 46.5 Å². The predicted octanol–water partition coefficient (Wildman–Crippen LogP) is 2.91. The second-order valence-corrected chi connectivity index (χ2v) is 6.21. The van der Waals surface area contributed by atoms with E-state index in [9.17, 15) is 22.8 Å². The normalized spacial score (nSPS) is 23.3. The van der Waals surface area contributed by atoms with E-state index in [4.69, 9.17) is 4.74 Å². The van der Waals surface area contributed by atoms with Crippen molar-refractivity contribution in [2.45, 2.75) is 58.2 Å². The summed E-state index contributed by atoms with van der Waals surface area (Å²) in [7, 11) is 0. The molecule has 0 unspecified atom stereocenters. The summed E-state index contributed by atoms with van der Waals surface area (Å²) in [4.78, 5) is 23.1. The van der Waals surface area contributed by atoms with Gasteiger partial charge in [-0.25, -0.2) is 10.2 Å². The molecule has 5 nitrogen and oxygen atoms in total. The zero-order valence-electron chi connectivity index (χ0n) is 12.3. The summed E-state index contributed by atoms with van der Waals surface area (Å²) in [6, 6.07) is 0. The molecule has 0 heterocycles. The Labute approximate surface area is 121 Å². The number of carbonyl (C=O) groups is 2. The molecule has 0 aromatic carbocycles. The van der Waals surface area contributed by atoms with Crippen LogP contribution < -0.4 is 10.9 Å². The fraction of sp³-hybridized carbons (Fsp3) is 0.846. The number of halogens is 3. The van der Waals surface area contributed by atoms with Gasteiger partial charge in [0.2, 0.25) is 5.91 Å². The lowest BCUT2D eigenvalue weighted by atomic mass is 9.81. The van der Waals surface area contributed by atoms with Crippen molar-refractivity contribution in [2.24, 2.45) is 11.8 Å². The number of hydrogen-bond acceptors (Lipinski definition) is 3. The Hall–Kier alpha value is -1.47. The monoisotopic (exact) mass is 310 g/mol. The number of nitrogens with one attached hydrogen (secondary N) is 2. The first-order valence-electron chi connectivity index (χ1n) is 6.84. The molecule has 2 amide bonds. The maximum atomic E-state index is 12.5. The number of ether oxygens (including phenoxy) is 1. The van der Waals surface area contributed by atoms with Crippen LogP contribution in [-0.4, -0.2) is 23.8 Å². The molecule has 122 valence electrons. The average Bonchev–Trinajstić information content (AvgIpc) is 2.33. The largest absolute Gasteiger partial charge is 0.443 e. The first-order valence-corrected chi connectivity index (χ1v) is 6.84. The van der Waals surface area contributed by atoms with E-state index in [-0.39, 0.29) is 25.7 Å². The second-order valence-electron chi connectivity index (χ2n) is 6.21. The molecular formula is C13H21F3N2O3. The maximum absolute atomic E-state index is 12.5. The molecule has 1 saturated carbocycles. The highest BCUT2D eigenvalue weighted by Gasteiger charge is 2.42.